The van der Waals surface area contributed by atoms with Gasteiger partial charge in [-0.25, -0.2) is 4.98 Å². The van der Waals surface area contributed by atoms with Crippen molar-refractivity contribution in [2.75, 3.05) is 5.32 Å². The number of carbonyl (C=O) groups is 3. The summed E-state index contributed by atoms with van der Waals surface area (Å²) < 4.78 is 9.25. The van der Waals surface area contributed by atoms with Gasteiger partial charge in [0.2, 0.25) is 11.8 Å². The van der Waals surface area contributed by atoms with Crippen LogP contribution >= 0.6 is 15.9 Å². The average Bonchev–Trinajstić information content (AvgIpc) is 3.44. The number of hydrogen-bond donors (Lipinski definition) is 2. The highest BCUT2D eigenvalue weighted by Gasteiger charge is 2.31. The van der Waals surface area contributed by atoms with Gasteiger partial charge in [0.1, 0.15) is 23.9 Å². The number of furan rings is 1. The second-order valence-electron chi connectivity index (χ2n) is 8.11. The molecule has 0 aliphatic carbocycles. The van der Waals surface area contributed by atoms with Gasteiger partial charge in [-0.3, -0.25) is 33.7 Å². The number of anilines is 1. The molecule has 5 rings (SSSR count). The molecule has 0 bridgehead atoms. The first-order chi connectivity index (χ1) is 16.8. The van der Waals surface area contributed by atoms with Gasteiger partial charge in [0.25, 0.3) is 11.5 Å². The lowest BCUT2D eigenvalue weighted by Crippen LogP contribution is -2.45. The minimum absolute atomic E-state index is 0.122. The Hall–Kier alpha value is -4.06. The molecule has 1 unspecified atom stereocenters. The predicted molar refractivity (Wildman–Crippen MR) is 128 cm³/mol. The van der Waals surface area contributed by atoms with Gasteiger partial charge in [-0.2, -0.15) is 5.10 Å². The fourth-order valence-corrected chi connectivity index (χ4v) is 4.44. The molecular weight excluding hydrogens is 520 g/mol. The molecule has 0 spiro atoms. The second-order valence-corrected chi connectivity index (χ2v) is 9.03. The zero-order chi connectivity index (χ0) is 24.7. The van der Waals surface area contributed by atoms with Crippen molar-refractivity contribution in [1.29, 1.82) is 0 Å². The summed E-state index contributed by atoms with van der Waals surface area (Å²) in [5.74, 6) is -0.532. The van der Waals surface area contributed by atoms with Gasteiger partial charge < -0.3 is 9.73 Å². The summed E-state index contributed by atoms with van der Waals surface area (Å²) in [5.41, 5.74) is 0.430. The fraction of sp³-hybridized carbons (Fsp3) is 0.217. The van der Waals surface area contributed by atoms with Gasteiger partial charge in [0.15, 0.2) is 0 Å². The average molecular weight is 539 g/mol. The van der Waals surface area contributed by atoms with Gasteiger partial charge >= 0.3 is 0 Å². The molecule has 1 aliphatic heterocycles. The number of nitrogens with one attached hydrogen (secondary N) is 2. The third kappa shape index (κ3) is 4.39. The zero-order valence-electron chi connectivity index (χ0n) is 18.4. The lowest BCUT2D eigenvalue weighted by atomic mass is 10.1. The van der Waals surface area contributed by atoms with E-state index >= 15 is 0 Å². The summed E-state index contributed by atoms with van der Waals surface area (Å²) in [6.45, 7) is 1.97. The summed E-state index contributed by atoms with van der Waals surface area (Å²) in [5, 5.41) is 9.35. The number of carbonyl (C=O) groups excluding carboxylic acids is 3. The maximum Gasteiger partial charge on any atom is 0.264 e. The van der Waals surface area contributed by atoms with E-state index in [2.05, 4.69) is 36.6 Å². The Morgan fingerprint density at radius 2 is 2.14 bits per heavy atom. The molecule has 0 radical (unpaired) electrons. The number of hydrogen-bond acceptors (Lipinski definition) is 7. The van der Waals surface area contributed by atoms with Crippen molar-refractivity contribution >= 4 is 50.2 Å². The Bertz CT molecular complexity index is 1550. The minimum Gasteiger partial charge on any atom is -0.467 e. The standard InChI is InChI=1S/C23H19BrN6O5/c1-12-26-16-3-2-4-17(20(16)23(34)30(12)18-5-6-19(31)28-22(18)33)27-21(32)13-7-15(35-11-13)10-29-9-14(24)8-25-29/h2-4,7-9,11,18H,5-6,10H2,1H3,(H,27,32)(H,28,31,33). The van der Waals surface area contributed by atoms with Crippen LogP contribution in [0.15, 0.2) is 56.6 Å². The smallest absolute Gasteiger partial charge is 0.264 e. The largest absolute Gasteiger partial charge is 0.467 e. The first kappa shape index (κ1) is 22.7. The van der Waals surface area contributed by atoms with Crippen molar-refractivity contribution in [2.24, 2.45) is 0 Å². The van der Waals surface area contributed by atoms with Gasteiger partial charge in [-0.15, -0.1) is 0 Å². The van der Waals surface area contributed by atoms with Gasteiger partial charge in [0.05, 0.1) is 39.4 Å². The number of rotatable bonds is 5. The quantitative estimate of drug-likeness (QED) is 0.372. The number of amides is 3. The van der Waals surface area contributed by atoms with Crippen LogP contribution in [0.25, 0.3) is 10.9 Å². The van der Waals surface area contributed by atoms with Crippen molar-refractivity contribution in [3.05, 3.63) is 74.9 Å². The second kappa shape index (κ2) is 8.95. The number of nitrogens with zero attached hydrogens (tertiary/aromatic N) is 4. The van der Waals surface area contributed by atoms with Crippen LogP contribution in [0.2, 0.25) is 0 Å². The van der Waals surface area contributed by atoms with E-state index in [1.165, 1.54) is 10.8 Å². The molecule has 1 saturated heterocycles. The van der Waals surface area contributed by atoms with E-state index in [0.717, 1.165) is 4.47 Å². The van der Waals surface area contributed by atoms with Crippen molar-refractivity contribution < 1.29 is 18.8 Å². The van der Waals surface area contributed by atoms with Crippen LogP contribution in [-0.4, -0.2) is 37.1 Å². The summed E-state index contributed by atoms with van der Waals surface area (Å²) in [4.78, 5) is 54.9. The molecule has 4 heterocycles. The zero-order valence-corrected chi connectivity index (χ0v) is 20.0. The molecule has 4 aromatic rings. The number of imide groups is 1. The molecule has 178 valence electrons. The molecular formula is C23H19BrN6O5. The van der Waals surface area contributed by atoms with Crippen LogP contribution in [0, 0.1) is 6.92 Å². The normalized spacial score (nSPS) is 15.9. The van der Waals surface area contributed by atoms with E-state index in [1.807, 2.05) is 0 Å². The summed E-state index contributed by atoms with van der Waals surface area (Å²) in [7, 11) is 0. The number of piperidine rings is 1. The topological polar surface area (TPSA) is 141 Å². The molecule has 35 heavy (non-hydrogen) atoms. The molecule has 1 atom stereocenters. The Morgan fingerprint density at radius 3 is 2.89 bits per heavy atom. The molecule has 3 aromatic heterocycles. The number of fused-ring (bicyclic) bond motifs is 1. The molecule has 12 heteroatoms. The van der Waals surface area contributed by atoms with Crippen LogP contribution in [0.4, 0.5) is 5.69 Å². The van der Waals surface area contributed by atoms with Crippen molar-refractivity contribution in [2.45, 2.75) is 32.4 Å². The van der Waals surface area contributed by atoms with Crippen LogP contribution in [-0.2, 0) is 16.1 Å². The van der Waals surface area contributed by atoms with Crippen LogP contribution in [0.1, 0.15) is 40.8 Å². The molecule has 2 N–H and O–H groups in total. The summed E-state index contributed by atoms with van der Waals surface area (Å²) in [6, 6.07) is 5.67. The predicted octanol–water partition coefficient (Wildman–Crippen LogP) is 2.54. The van der Waals surface area contributed by atoms with E-state index < -0.39 is 23.4 Å². The Morgan fingerprint density at radius 1 is 1.31 bits per heavy atom. The number of halogens is 1. The summed E-state index contributed by atoms with van der Waals surface area (Å²) >= 11 is 3.33. The molecule has 1 aromatic carbocycles. The molecule has 11 nitrogen and oxygen atoms in total. The molecule has 1 aliphatic rings. The third-order valence-electron chi connectivity index (χ3n) is 5.71. The molecule has 1 fully saturated rings. The number of aromatic nitrogens is 4. The van der Waals surface area contributed by atoms with Crippen LogP contribution < -0.4 is 16.2 Å². The first-order valence-electron chi connectivity index (χ1n) is 10.7. The minimum atomic E-state index is -0.861. The maximum atomic E-state index is 13.5. The number of benzene rings is 1. The Balaban J connectivity index is 1.46. The van der Waals surface area contributed by atoms with Crippen LogP contribution in [0.5, 0.6) is 0 Å². The van der Waals surface area contributed by atoms with E-state index in [-0.39, 0.29) is 35.4 Å². The maximum absolute atomic E-state index is 13.5. The van der Waals surface area contributed by atoms with Gasteiger partial charge in [-0.1, -0.05) is 6.07 Å². The summed E-state index contributed by atoms with van der Waals surface area (Å²) in [6.07, 6.45) is 5.07. The highest BCUT2D eigenvalue weighted by atomic mass is 79.9. The monoisotopic (exact) mass is 538 g/mol. The fourth-order valence-electron chi connectivity index (χ4n) is 4.11. The Labute approximate surface area is 206 Å². The number of aryl methyl sites for hydroxylation is 1. The van der Waals surface area contributed by atoms with Crippen LogP contribution in [0.3, 0.4) is 0 Å². The van der Waals surface area contributed by atoms with Crippen molar-refractivity contribution in [3.63, 3.8) is 0 Å². The lowest BCUT2D eigenvalue weighted by molar-refractivity contribution is -0.135. The van der Waals surface area contributed by atoms with E-state index in [4.69, 9.17) is 4.42 Å². The lowest BCUT2D eigenvalue weighted by Gasteiger charge is -2.24. The van der Waals surface area contributed by atoms with Gasteiger partial charge in [-0.05, 0) is 47.5 Å². The highest BCUT2D eigenvalue weighted by molar-refractivity contribution is 9.10. The van der Waals surface area contributed by atoms with E-state index in [1.54, 1.807) is 48.3 Å². The molecule has 0 saturated carbocycles. The Kier molecular flexibility index (Phi) is 5.81. The molecule has 3 amide bonds. The first-order valence-corrected chi connectivity index (χ1v) is 11.5. The van der Waals surface area contributed by atoms with E-state index in [0.29, 0.717) is 23.6 Å². The highest BCUT2D eigenvalue weighted by Crippen LogP contribution is 2.24. The third-order valence-corrected chi connectivity index (χ3v) is 6.12. The van der Waals surface area contributed by atoms with Crippen molar-refractivity contribution in [3.8, 4) is 0 Å². The van der Waals surface area contributed by atoms with Gasteiger partial charge in [0, 0.05) is 12.6 Å². The van der Waals surface area contributed by atoms with Crippen molar-refractivity contribution in [1.82, 2.24) is 24.6 Å². The van der Waals surface area contributed by atoms with E-state index in [9.17, 15) is 19.2 Å². The SMILES string of the molecule is Cc1nc2cccc(NC(=O)c3coc(Cn4cc(Br)cn4)c3)c2c(=O)n1C1CCC(=O)NC1=O.